The van der Waals surface area contributed by atoms with E-state index >= 15 is 0 Å². The fourth-order valence-corrected chi connectivity index (χ4v) is 4.09. The predicted octanol–water partition coefficient (Wildman–Crippen LogP) is 3.98. The zero-order valence-corrected chi connectivity index (χ0v) is 14.8. The van der Waals surface area contributed by atoms with E-state index < -0.39 is 0 Å². The number of thiophene rings is 1. The van der Waals surface area contributed by atoms with Crippen LogP contribution in [-0.4, -0.2) is 27.9 Å². The van der Waals surface area contributed by atoms with Crippen LogP contribution in [0.1, 0.15) is 39.0 Å². The smallest absolute Gasteiger partial charge is 0.277 e. The minimum atomic E-state index is -0.241. The third kappa shape index (κ3) is 4.57. The quantitative estimate of drug-likeness (QED) is 0.798. The van der Waals surface area contributed by atoms with Crippen molar-refractivity contribution in [1.29, 1.82) is 0 Å². The normalized spacial score (nSPS) is 17.1. The Kier molecular flexibility index (Phi) is 5.72. The monoisotopic (exact) mass is 351 g/mol. The predicted molar refractivity (Wildman–Crippen MR) is 92.5 cm³/mol. The van der Waals surface area contributed by atoms with Crippen molar-refractivity contribution in [3.8, 4) is 10.8 Å². The van der Waals surface area contributed by atoms with Gasteiger partial charge >= 0.3 is 0 Å². The molecule has 7 heteroatoms. The molecule has 1 unspecified atom stereocenters. The zero-order valence-electron chi connectivity index (χ0n) is 13.2. The second-order valence-corrected chi connectivity index (χ2v) is 8.10. The molecule has 0 spiro atoms. The van der Waals surface area contributed by atoms with Crippen LogP contribution in [0, 0.1) is 5.92 Å². The maximum absolute atomic E-state index is 12.2. The van der Waals surface area contributed by atoms with E-state index in [-0.39, 0.29) is 11.2 Å². The van der Waals surface area contributed by atoms with Gasteiger partial charge in [-0.2, -0.15) is 0 Å². The first-order valence-corrected chi connectivity index (χ1v) is 9.80. The number of nitrogens with zero attached hydrogens (tertiary/aromatic N) is 2. The number of rotatable bonds is 6. The van der Waals surface area contributed by atoms with Crippen molar-refractivity contribution in [3.05, 3.63) is 17.5 Å². The molecule has 5 nitrogen and oxygen atoms in total. The van der Waals surface area contributed by atoms with Gasteiger partial charge < -0.3 is 9.73 Å². The molecule has 2 aromatic heterocycles. The molecule has 0 saturated heterocycles. The van der Waals surface area contributed by atoms with Gasteiger partial charge in [0.25, 0.3) is 11.1 Å². The number of carbonyl (C=O) groups is 1. The molecule has 23 heavy (non-hydrogen) atoms. The highest BCUT2D eigenvalue weighted by atomic mass is 32.2. The molecule has 1 atom stereocenters. The highest BCUT2D eigenvalue weighted by molar-refractivity contribution is 8.00. The SMILES string of the molecule is CC(Sc1nnc(-c2cccs2)o1)C(=O)NCC1CCCCC1. The van der Waals surface area contributed by atoms with Crippen LogP contribution in [0.4, 0.5) is 0 Å². The molecule has 0 aliphatic heterocycles. The van der Waals surface area contributed by atoms with E-state index in [1.807, 2.05) is 24.4 Å². The van der Waals surface area contributed by atoms with E-state index in [4.69, 9.17) is 4.42 Å². The van der Waals surface area contributed by atoms with Gasteiger partial charge in [0.1, 0.15) is 0 Å². The third-order valence-corrected chi connectivity index (χ3v) is 5.87. The Hall–Kier alpha value is -1.34. The molecule has 0 bridgehead atoms. The Bertz CT molecular complexity index is 621. The third-order valence-electron chi connectivity index (χ3n) is 4.07. The number of carbonyl (C=O) groups excluding carboxylic acids is 1. The van der Waals surface area contributed by atoms with Crippen molar-refractivity contribution in [1.82, 2.24) is 15.5 Å². The number of thioether (sulfide) groups is 1. The van der Waals surface area contributed by atoms with Crippen LogP contribution in [0.2, 0.25) is 0 Å². The molecule has 1 amide bonds. The standard InChI is InChI=1S/C16H21N3O2S2/c1-11(14(20)17-10-12-6-3-2-4-7-12)23-16-19-18-15(21-16)13-8-5-9-22-13/h5,8-9,11-12H,2-4,6-7,10H2,1H3,(H,17,20). The van der Waals surface area contributed by atoms with E-state index in [0.717, 1.165) is 11.4 Å². The van der Waals surface area contributed by atoms with Crippen LogP contribution in [0.25, 0.3) is 10.8 Å². The van der Waals surface area contributed by atoms with Crippen LogP contribution in [-0.2, 0) is 4.79 Å². The number of nitrogens with one attached hydrogen (secondary N) is 1. The van der Waals surface area contributed by atoms with E-state index in [0.29, 0.717) is 17.0 Å². The van der Waals surface area contributed by atoms with Gasteiger partial charge in [0.05, 0.1) is 10.1 Å². The first-order chi connectivity index (χ1) is 11.2. The summed E-state index contributed by atoms with van der Waals surface area (Å²) in [5.41, 5.74) is 0. The Morgan fingerprint density at radius 3 is 3.00 bits per heavy atom. The maximum atomic E-state index is 12.2. The molecule has 1 saturated carbocycles. The Balaban J connectivity index is 1.48. The van der Waals surface area contributed by atoms with Gasteiger partial charge in [-0.05, 0) is 37.1 Å². The summed E-state index contributed by atoms with van der Waals surface area (Å²) < 4.78 is 5.61. The topological polar surface area (TPSA) is 68.0 Å². The highest BCUT2D eigenvalue weighted by Gasteiger charge is 2.20. The molecular weight excluding hydrogens is 330 g/mol. The van der Waals surface area contributed by atoms with Gasteiger partial charge in [0.15, 0.2) is 0 Å². The summed E-state index contributed by atoms with van der Waals surface area (Å²) in [5.74, 6) is 1.19. The van der Waals surface area contributed by atoms with Crippen molar-refractivity contribution < 1.29 is 9.21 Å². The lowest BCUT2D eigenvalue weighted by atomic mass is 9.89. The molecule has 1 N–H and O–H groups in total. The van der Waals surface area contributed by atoms with E-state index in [2.05, 4.69) is 15.5 Å². The Labute approximate surface area is 144 Å². The van der Waals surface area contributed by atoms with Crippen molar-refractivity contribution >= 4 is 29.0 Å². The van der Waals surface area contributed by atoms with E-state index in [1.54, 1.807) is 11.3 Å². The number of hydrogen-bond donors (Lipinski definition) is 1. The molecule has 2 aromatic rings. The van der Waals surface area contributed by atoms with Gasteiger partial charge in [-0.1, -0.05) is 37.1 Å². The zero-order chi connectivity index (χ0) is 16.1. The van der Waals surface area contributed by atoms with Crippen molar-refractivity contribution in [2.24, 2.45) is 5.92 Å². The average molecular weight is 351 g/mol. The summed E-state index contributed by atoms with van der Waals surface area (Å²) in [7, 11) is 0. The summed E-state index contributed by atoms with van der Waals surface area (Å²) in [4.78, 5) is 13.1. The Morgan fingerprint density at radius 1 is 1.43 bits per heavy atom. The van der Waals surface area contributed by atoms with Gasteiger partial charge in [-0.15, -0.1) is 21.5 Å². The summed E-state index contributed by atoms with van der Waals surface area (Å²) in [5, 5.41) is 13.3. The molecule has 1 aliphatic carbocycles. The van der Waals surface area contributed by atoms with Gasteiger partial charge in [-0.25, -0.2) is 0 Å². The molecule has 2 heterocycles. The number of aromatic nitrogens is 2. The highest BCUT2D eigenvalue weighted by Crippen LogP contribution is 2.28. The van der Waals surface area contributed by atoms with Crippen LogP contribution in [0.3, 0.4) is 0 Å². The Morgan fingerprint density at radius 2 is 2.26 bits per heavy atom. The van der Waals surface area contributed by atoms with Crippen LogP contribution in [0.5, 0.6) is 0 Å². The molecule has 1 aliphatic rings. The summed E-state index contributed by atoms with van der Waals surface area (Å²) >= 11 is 2.86. The first-order valence-electron chi connectivity index (χ1n) is 8.04. The lowest BCUT2D eigenvalue weighted by Gasteiger charge is -2.22. The second kappa shape index (κ2) is 7.97. The van der Waals surface area contributed by atoms with Gasteiger partial charge in [0.2, 0.25) is 5.91 Å². The fraction of sp³-hybridized carbons (Fsp3) is 0.562. The second-order valence-electron chi connectivity index (χ2n) is 5.86. The lowest BCUT2D eigenvalue weighted by Crippen LogP contribution is -2.35. The van der Waals surface area contributed by atoms with Crippen LogP contribution < -0.4 is 5.32 Å². The van der Waals surface area contributed by atoms with Crippen LogP contribution in [0.15, 0.2) is 27.2 Å². The molecule has 0 aromatic carbocycles. The van der Waals surface area contributed by atoms with Gasteiger partial charge in [0, 0.05) is 6.54 Å². The maximum Gasteiger partial charge on any atom is 0.277 e. The molecule has 3 rings (SSSR count). The lowest BCUT2D eigenvalue weighted by molar-refractivity contribution is -0.120. The van der Waals surface area contributed by atoms with E-state index in [1.165, 1.54) is 43.9 Å². The number of hydrogen-bond acceptors (Lipinski definition) is 6. The van der Waals surface area contributed by atoms with Gasteiger partial charge in [-0.3, -0.25) is 4.79 Å². The summed E-state index contributed by atoms with van der Waals surface area (Å²) in [6, 6.07) is 3.88. The summed E-state index contributed by atoms with van der Waals surface area (Å²) in [6.45, 7) is 2.66. The average Bonchev–Trinajstić information content (AvgIpc) is 3.24. The van der Waals surface area contributed by atoms with Crippen molar-refractivity contribution in [2.45, 2.75) is 49.5 Å². The fourth-order valence-electron chi connectivity index (χ4n) is 2.74. The van der Waals surface area contributed by atoms with Crippen molar-refractivity contribution in [3.63, 3.8) is 0 Å². The van der Waals surface area contributed by atoms with Crippen molar-refractivity contribution in [2.75, 3.05) is 6.54 Å². The summed E-state index contributed by atoms with van der Waals surface area (Å²) in [6.07, 6.45) is 6.38. The minimum absolute atomic E-state index is 0.0384. The van der Waals surface area contributed by atoms with E-state index in [9.17, 15) is 4.79 Å². The molecule has 1 fully saturated rings. The molecule has 0 radical (unpaired) electrons. The molecule has 124 valence electrons. The number of amides is 1. The van der Waals surface area contributed by atoms with Crippen LogP contribution >= 0.6 is 23.1 Å². The first kappa shape index (κ1) is 16.5. The minimum Gasteiger partial charge on any atom is -0.410 e. The molecular formula is C16H21N3O2S2. The largest absolute Gasteiger partial charge is 0.410 e.